The van der Waals surface area contributed by atoms with E-state index in [1.807, 2.05) is 44.2 Å². The first kappa shape index (κ1) is 18.7. The number of amides is 1. The van der Waals surface area contributed by atoms with Crippen LogP contribution in [0.4, 0.5) is 5.69 Å². The first-order valence-corrected chi connectivity index (χ1v) is 9.38. The molecule has 136 valence electrons. The lowest BCUT2D eigenvalue weighted by Crippen LogP contribution is -2.14. The van der Waals surface area contributed by atoms with Crippen molar-refractivity contribution in [3.63, 3.8) is 0 Å². The first-order chi connectivity index (χ1) is 13.0. The molecule has 0 bridgehead atoms. The van der Waals surface area contributed by atoms with Crippen molar-refractivity contribution in [2.75, 3.05) is 18.2 Å². The minimum atomic E-state index is -0.167. The summed E-state index contributed by atoms with van der Waals surface area (Å²) in [6.07, 6.45) is 0. The Bertz CT molecular complexity index is 1060. The second-order valence-corrected chi connectivity index (χ2v) is 7.06. The number of nitriles is 1. The van der Waals surface area contributed by atoms with Crippen molar-refractivity contribution in [1.82, 2.24) is 4.98 Å². The molecule has 0 fully saturated rings. The van der Waals surface area contributed by atoms with Gasteiger partial charge in [0.1, 0.15) is 16.8 Å². The summed E-state index contributed by atoms with van der Waals surface area (Å²) in [5.74, 6) is 0.671. The lowest BCUT2D eigenvalue weighted by Gasteiger charge is -2.10. The van der Waals surface area contributed by atoms with E-state index < -0.39 is 0 Å². The summed E-state index contributed by atoms with van der Waals surface area (Å²) >= 11 is 1.26. The summed E-state index contributed by atoms with van der Waals surface area (Å²) in [4.78, 5) is 16.9. The number of thioether (sulfide) groups is 1. The molecule has 1 heterocycles. The van der Waals surface area contributed by atoms with Crippen molar-refractivity contribution < 1.29 is 9.53 Å². The molecule has 5 nitrogen and oxygen atoms in total. The number of aromatic nitrogens is 1. The number of hydrogen-bond acceptors (Lipinski definition) is 5. The molecule has 0 unspecified atom stereocenters. The fraction of sp³-hybridized carbons (Fsp3) is 0.190. The Morgan fingerprint density at radius 2 is 2.07 bits per heavy atom. The Morgan fingerprint density at radius 1 is 1.26 bits per heavy atom. The summed E-state index contributed by atoms with van der Waals surface area (Å²) in [5, 5.41) is 13.8. The van der Waals surface area contributed by atoms with E-state index in [0.29, 0.717) is 22.0 Å². The molecule has 1 aromatic heterocycles. The highest BCUT2D eigenvalue weighted by atomic mass is 32.2. The van der Waals surface area contributed by atoms with E-state index in [1.165, 1.54) is 11.8 Å². The van der Waals surface area contributed by atoms with E-state index >= 15 is 0 Å². The van der Waals surface area contributed by atoms with Gasteiger partial charge in [-0.1, -0.05) is 30.0 Å². The van der Waals surface area contributed by atoms with Gasteiger partial charge in [0.25, 0.3) is 0 Å². The number of carbonyl (C=O) groups excluding carboxylic acids is 1. The van der Waals surface area contributed by atoms with Crippen LogP contribution in [0.3, 0.4) is 0 Å². The van der Waals surface area contributed by atoms with Gasteiger partial charge in [-0.05, 0) is 43.2 Å². The highest BCUT2D eigenvalue weighted by Crippen LogP contribution is 2.27. The molecule has 0 saturated carbocycles. The number of methoxy groups -OCH3 is 1. The molecule has 0 saturated heterocycles. The predicted octanol–water partition coefficient (Wildman–Crippen LogP) is 4.46. The maximum absolute atomic E-state index is 12.3. The molecule has 0 aliphatic rings. The Balaban J connectivity index is 1.78. The summed E-state index contributed by atoms with van der Waals surface area (Å²) in [7, 11) is 1.58. The number of rotatable bonds is 5. The van der Waals surface area contributed by atoms with Crippen molar-refractivity contribution in [3.05, 3.63) is 59.2 Å². The first-order valence-electron chi connectivity index (χ1n) is 8.39. The number of hydrogen-bond donors (Lipinski definition) is 1. The third-order valence-corrected chi connectivity index (χ3v) is 5.28. The van der Waals surface area contributed by atoms with Gasteiger partial charge in [0.2, 0.25) is 5.91 Å². The van der Waals surface area contributed by atoms with E-state index in [4.69, 9.17) is 4.74 Å². The fourth-order valence-electron chi connectivity index (χ4n) is 2.69. The fourth-order valence-corrected chi connectivity index (χ4v) is 3.44. The highest BCUT2D eigenvalue weighted by molar-refractivity contribution is 8.00. The summed E-state index contributed by atoms with van der Waals surface area (Å²) in [6.45, 7) is 4.05. The van der Waals surface area contributed by atoms with Gasteiger partial charge < -0.3 is 10.1 Å². The molecule has 3 aromatic rings. The monoisotopic (exact) mass is 377 g/mol. The Hall–Kier alpha value is -3.04. The topological polar surface area (TPSA) is 75.0 Å². The Kier molecular flexibility index (Phi) is 5.63. The second kappa shape index (κ2) is 8.11. The molecule has 6 heteroatoms. The van der Waals surface area contributed by atoms with Crippen LogP contribution < -0.4 is 10.1 Å². The van der Waals surface area contributed by atoms with Crippen molar-refractivity contribution >= 4 is 34.3 Å². The van der Waals surface area contributed by atoms with Crippen molar-refractivity contribution in [1.29, 1.82) is 5.26 Å². The number of anilines is 1. The molecule has 2 aromatic carbocycles. The molecule has 0 aliphatic heterocycles. The molecule has 3 rings (SSSR count). The highest BCUT2D eigenvalue weighted by Gasteiger charge is 2.12. The zero-order valence-electron chi connectivity index (χ0n) is 15.4. The largest absolute Gasteiger partial charge is 0.497 e. The van der Waals surface area contributed by atoms with Crippen LogP contribution in [0.2, 0.25) is 0 Å². The lowest BCUT2D eigenvalue weighted by molar-refractivity contribution is -0.113. The molecule has 0 aliphatic carbocycles. The summed E-state index contributed by atoms with van der Waals surface area (Å²) < 4.78 is 5.16. The number of benzene rings is 2. The number of fused-ring (bicyclic) bond motifs is 1. The average Bonchev–Trinajstić information content (AvgIpc) is 2.69. The smallest absolute Gasteiger partial charge is 0.234 e. The second-order valence-electron chi connectivity index (χ2n) is 6.10. The van der Waals surface area contributed by atoms with Crippen LogP contribution in [0.1, 0.15) is 16.7 Å². The zero-order chi connectivity index (χ0) is 19.4. The molecular formula is C21H19N3O2S. The zero-order valence-corrected chi connectivity index (χ0v) is 16.2. The number of aryl methyl sites for hydroxylation is 2. The van der Waals surface area contributed by atoms with Gasteiger partial charge in [-0.25, -0.2) is 4.98 Å². The van der Waals surface area contributed by atoms with Crippen LogP contribution in [0.25, 0.3) is 10.9 Å². The van der Waals surface area contributed by atoms with Gasteiger partial charge in [-0.15, -0.1) is 0 Å². The maximum atomic E-state index is 12.3. The molecule has 27 heavy (non-hydrogen) atoms. The van der Waals surface area contributed by atoms with Crippen LogP contribution in [0.15, 0.2) is 47.5 Å². The van der Waals surface area contributed by atoms with Gasteiger partial charge in [0.15, 0.2) is 0 Å². The molecule has 0 radical (unpaired) electrons. The average molecular weight is 377 g/mol. The summed E-state index contributed by atoms with van der Waals surface area (Å²) in [6, 6.07) is 15.2. The quantitative estimate of drug-likeness (QED) is 0.664. The van der Waals surface area contributed by atoms with E-state index in [1.54, 1.807) is 19.2 Å². The third-order valence-electron chi connectivity index (χ3n) is 4.29. The summed E-state index contributed by atoms with van der Waals surface area (Å²) in [5.41, 5.74) is 4.24. The van der Waals surface area contributed by atoms with Crippen molar-refractivity contribution in [2.24, 2.45) is 0 Å². The standard InChI is InChI=1S/C21H19N3O2S/c1-13-7-8-15-9-16(11-22)21(24-20(15)14(13)2)27-12-19(25)23-17-5-4-6-18(10-17)26-3/h4-10H,12H2,1-3H3,(H,23,25). The van der Waals surface area contributed by atoms with Crippen LogP contribution in [0, 0.1) is 25.2 Å². The number of carbonyl (C=O) groups is 1. The molecule has 0 spiro atoms. The Morgan fingerprint density at radius 3 is 2.81 bits per heavy atom. The number of nitrogens with zero attached hydrogens (tertiary/aromatic N) is 2. The van der Waals surface area contributed by atoms with E-state index in [2.05, 4.69) is 16.4 Å². The van der Waals surface area contributed by atoms with Gasteiger partial charge in [0.05, 0.1) is 23.9 Å². The molecule has 1 N–H and O–H groups in total. The predicted molar refractivity (Wildman–Crippen MR) is 108 cm³/mol. The maximum Gasteiger partial charge on any atom is 0.234 e. The van der Waals surface area contributed by atoms with Crippen LogP contribution in [0.5, 0.6) is 5.75 Å². The normalized spacial score (nSPS) is 10.4. The molecule has 1 amide bonds. The van der Waals surface area contributed by atoms with E-state index in [-0.39, 0.29) is 11.7 Å². The van der Waals surface area contributed by atoms with Crippen LogP contribution in [-0.4, -0.2) is 23.8 Å². The molecule has 0 atom stereocenters. The van der Waals surface area contributed by atoms with Gasteiger partial charge in [-0.2, -0.15) is 5.26 Å². The third kappa shape index (κ3) is 4.21. The van der Waals surface area contributed by atoms with Gasteiger partial charge >= 0.3 is 0 Å². The minimum absolute atomic E-state index is 0.162. The SMILES string of the molecule is COc1cccc(NC(=O)CSc2nc3c(C)c(C)ccc3cc2C#N)c1. The van der Waals surface area contributed by atoms with Gasteiger partial charge in [0, 0.05) is 17.1 Å². The van der Waals surface area contributed by atoms with Crippen molar-refractivity contribution in [3.8, 4) is 11.8 Å². The van der Waals surface area contributed by atoms with Crippen LogP contribution in [-0.2, 0) is 4.79 Å². The van der Waals surface area contributed by atoms with Crippen molar-refractivity contribution in [2.45, 2.75) is 18.9 Å². The Labute approximate surface area is 162 Å². The number of pyridine rings is 1. The van der Waals surface area contributed by atoms with E-state index in [9.17, 15) is 10.1 Å². The minimum Gasteiger partial charge on any atom is -0.497 e. The number of nitrogens with one attached hydrogen (secondary N) is 1. The van der Waals surface area contributed by atoms with E-state index in [0.717, 1.165) is 22.0 Å². The van der Waals surface area contributed by atoms with Crippen LogP contribution >= 0.6 is 11.8 Å². The number of ether oxygens (including phenoxy) is 1. The molecular weight excluding hydrogens is 358 g/mol. The van der Waals surface area contributed by atoms with Gasteiger partial charge in [-0.3, -0.25) is 4.79 Å². The lowest BCUT2D eigenvalue weighted by atomic mass is 10.0.